The molecule has 0 radical (unpaired) electrons. The first-order valence-corrected chi connectivity index (χ1v) is 6.48. The highest BCUT2D eigenvalue weighted by Gasteiger charge is 2.20. The van der Waals surface area contributed by atoms with Crippen molar-refractivity contribution in [3.8, 4) is 10.9 Å². The first-order valence-electron chi connectivity index (χ1n) is 5.28. The van der Waals surface area contributed by atoms with Crippen LogP contribution in [0.15, 0.2) is 18.2 Å². The third-order valence-electron chi connectivity index (χ3n) is 2.26. The zero-order valence-corrected chi connectivity index (χ0v) is 11.9. The molecule has 2 rings (SSSR count). The molecule has 21 heavy (non-hydrogen) atoms. The number of thiazole rings is 1. The van der Waals surface area contributed by atoms with Gasteiger partial charge in [-0.05, 0) is 6.07 Å². The normalized spacial score (nSPS) is 10.2. The molecule has 10 heteroatoms. The molecule has 1 heterocycles. The molecule has 0 saturated heterocycles. The fourth-order valence-corrected chi connectivity index (χ4v) is 2.38. The quantitative estimate of drug-likeness (QED) is 0.484. The van der Waals surface area contributed by atoms with Crippen LogP contribution in [0.2, 0.25) is 5.15 Å². The van der Waals surface area contributed by atoms with Gasteiger partial charge >= 0.3 is 5.97 Å². The van der Waals surface area contributed by atoms with Crippen molar-refractivity contribution < 1.29 is 23.6 Å². The Labute approximate surface area is 126 Å². The maximum Gasteiger partial charge on any atom is 0.351 e. The second kappa shape index (κ2) is 6.02. The maximum absolute atomic E-state index is 13.7. The average Bonchev–Trinajstić information content (AvgIpc) is 2.81. The molecule has 0 atom stereocenters. The van der Waals surface area contributed by atoms with Gasteiger partial charge in [0.2, 0.25) is 0 Å². The summed E-state index contributed by atoms with van der Waals surface area (Å²) in [4.78, 5) is 24.9. The van der Waals surface area contributed by atoms with Gasteiger partial charge in [0.1, 0.15) is 0 Å². The number of hydrogen-bond acceptors (Lipinski definition) is 7. The lowest BCUT2D eigenvalue weighted by molar-refractivity contribution is -0.385. The van der Waals surface area contributed by atoms with E-state index in [-0.39, 0.29) is 21.0 Å². The monoisotopic (exact) mass is 332 g/mol. The molecule has 0 spiro atoms. The van der Waals surface area contributed by atoms with Crippen LogP contribution in [0.4, 0.5) is 10.1 Å². The molecule has 0 aliphatic carbocycles. The standard InChI is InChI=1S/C11H6ClFN2O5S/c1-19-10(16)8-9(12)14-11(21-8)20-7-3-2-5(15(17)18)4-6(7)13/h2-4H,1H3. The zero-order valence-electron chi connectivity index (χ0n) is 10.3. The third kappa shape index (κ3) is 3.26. The van der Waals surface area contributed by atoms with Crippen LogP contribution in [0.3, 0.4) is 0 Å². The van der Waals surface area contributed by atoms with Crippen LogP contribution in [0.5, 0.6) is 10.9 Å². The molecule has 1 aromatic heterocycles. The number of methoxy groups -OCH3 is 1. The van der Waals surface area contributed by atoms with E-state index in [2.05, 4.69) is 9.72 Å². The van der Waals surface area contributed by atoms with Gasteiger partial charge in [-0.3, -0.25) is 10.1 Å². The number of nitrogens with zero attached hydrogens (tertiary/aromatic N) is 2. The van der Waals surface area contributed by atoms with Crippen molar-refractivity contribution >= 4 is 34.6 Å². The number of carbonyl (C=O) groups excluding carboxylic acids is 1. The lowest BCUT2D eigenvalue weighted by atomic mass is 10.3. The Hall–Kier alpha value is -2.26. The number of benzene rings is 1. The minimum absolute atomic E-state index is 0.0106. The number of rotatable bonds is 4. The number of esters is 1. The average molecular weight is 333 g/mol. The molecule has 0 amide bonds. The SMILES string of the molecule is COC(=O)c1sc(Oc2ccc([N+](=O)[O-])cc2F)nc1Cl. The molecule has 7 nitrogen and oxygen atoms in total. The number of halogens is 2. The van der Waals surface area contributed by atoms with Crippen molar-refractivity contribution in [3.05, 3.63) is 44.2 Å². The van der Waals surface area contributed by atoms with Crippen LogP contribution < -0.4 is 4.74 Å². The molecular formula is C11H6ClFN2O5S. The smallest absolute Gasteiger partial charge is 0.351 e. The van der Waals surface area contributed by atoms with Gasteiger partial charge in [-0.1, -0.05) is 22.9 Å². The number of non-ortho nitro benzene ring substituents is 1. The van der Waals surface area contributed by atoms with Crippen molar-refractivity contribution in [3.63, 3.8) is 0 Å². The molecule has 0 bridgehead atoms. The Balaban J connectivity index is 2.26. The van der Waals surface area contributed by atoms with Gasteiger partial charge in [-0.2, -0.15) is 4.98 Å². The van der Waals surface area contributed by atoms with E-state index in [0.717, 1.165) is 23.5 Å². The summed E-state index contributed by atoms with van der Waals surface area (Å²) >= 11 is 6.49. The van der Waals surface area contributed by atoms with Crippen molar-refractivity contribution in [1.29, 1.82) is 0 Å². The van der Waals surface area contributed by atoms with E-state index in [1.165, 1.54) is 7.11 Å². The van der Waals surface area contributed by atoms with Crippen LogP contribution in [0.25, 0.3) is 0 Å². The predicted octanol–water partition coefficient (Wildman–Crippen LogP) is 3.42. The Bertz CT molecular complexity index is 721. The second-order valence-electron chi connectivity index (χ2n) is 3.57. The van der Waals surface area contributed by atoms with Gasteiger partial charge in [0.15, 0.2) is 21.6 Å². The minimum atomic E-state index is -0.935. The van der Waals surface area contributed by atoms with Gasteiger partial charge < -0.3 is 9.47 Å². The molecule has 2 aromatic rings. The van der Waals surface area contributed by atoms with Gasteiger partial charge in [0.05, 0.1) is 18.1 Å². The van der Waals surface area contributed by atoms with Crippen molar-refractivity contribution in [2.45, 2.75) is 0 Å². The van der Waals surface area contributed by atoms with E-state index in [9.17, 15) is 19.3 Å². The molecule has 0 unspecified atom stereocenters. The lowest BCUT2D eigenvalue weighted by Crippen LogP contribution is -1.98. The topological polar surface area (TPSA) is 91.6 Å². The Morgan fingerprint density at radius 3 is 2.81 bits per heavy atom. The summed E-state index contributed by atoms with van der Waals surface area (Å²) in [7, 11) is 1.18. The van der Waals surface area contributed by atoms with Crippen molar-refractivity contribution in [1.82, 2.24) is 4.98 Å². The molecular weight excluding hydrogens is 327 g/mol. The summed E-state index contributed by atoms with van der Waals surface area (Å²) in [6.07, 6.45) is 0. The van der Waals surface area contributed by atoms with E-state index in [1.807, 2.05) is 0 Å². The Morgan fingerprint density at radius 2 is 2.24 bits per heavy atom. The molecule has 110 valence electrons. The zero-order chi connectivity index (χ0) is 15.6. The lowest BCUT2D eigenvalue weighted by Gasteiger charge is -2.02. The van der Waals surface area contributed by atoms with Crippen LogP contribution in [0, 0.1) is 15.9 Å². The summed E-state index contributed by atoms with van der Waals surface area (Å²) in [5.41, 5.74) is -0.410. The van der Waals surface area contributed by atoms with E-state index in [4.69, 9.17) is 16.3 Å². The first-order chi connectivity index (χ1) is 9.92. The van der Waals surface area contributed by atoms with Gasteiger partial charge in [0, 0.05) is 6.07 Å². The summed E-state index contributed by atoms with van der Waals surface area (Å²) in [6.45, 7) is 0. The van der Waals surface area contributed by atoms with Crippen molar-refractivity contribution in [2.75, 3.05) is 7.11 Å². The van der Waals surface area contributed by atoms with Crippen LogP contribution in [-0.4, -0.2) is 23.0 Å². The summed E-state index contributed by atoms with van der Waals surface area (Å²) < 4.78 is 23.3. The number of hydrogen-bond donors (Lipinski definition) is 0. The van der Waals surface area contributed by atoms with E-state index >= 15 is 0 Å². The molecule has 1 aromatic carbocycles. The molecule has 0 N–H and O–H groups in total. The summed E-state index contributed by atoms with van der Waals surface area (Å²) in [6, 6.07) is 2.88. The van der Waals surface area contributed by atoms with Gasteiger partial charge in [0.25, 0.3) is 10.9 Å². The van der Waals surface area contributed by atoms with E-state index in [1.54, 1.807) is 0 Å². The summed E-state index contributed by atoms with van der Waals surface area (Å²) in [5.74, 6) is -1.91. The molecule has 0 fully saturated rings. The van der Waals surface area contributed by atoms with Crippen LogP contribution in [-0.2, 0) is 4.74 Å². The van der Waals surface area contributed by atoms with Gasteiger partial charge in [-0.25, -0.2) is 9.18 Å². The number of aromatic nitrogens is 1. The largest absolute Gasteiger partial charge is 0.465 e. The third-order valence-corrected chi connectivity index (χ3v) is 3.56. The van der Waals surface area contributed by atoms with Gasteiger partial charge in [-0.15, -0.1) is 0 Å². The number of nitro benzene ring substituents is 1. The highest BCUT2D eigenvalue weighted by Crippen LogP contribution is 2.34. The molecule has 0 aliphatic heterocycles. The highest BCUT2D eigenvalue weighted by molar-refractivity contribution is 7.15. The van der Waals surface area contributed by atoms with Crippen LogP contribution >= 0.6 is 22.9 Å². The Morgan fingerprint density at radius 1 is 1.52 bits per heavy atom. The summed E-state index contributed by atoms with van der Waals surface area (Å²) in [5, 5.41) is 10.3. The highest BCUT2D eigenvalue weighted by atomic mass is 35.5. The van der Waals surface area contributed by atoms with Crippen LogP contribution in [0.1, 0.15) is 9.67 Å². The van der Waals surface area contributed by atoms with E-state index < -0.39 is 22.4 Å². The fourth-order valence-electron chi connectivity index (χ4n) is 1.33. The minimum Gasteiger partial charge on any atom is -0.465 e. The molecule has 0 aliphatic rings. The predicted molar refractivity (Wildman–Crippen MR) is 71.6 cm³/mol. The molecule has 0 saturated carbocycles. The second-order valence-corrected chi connectivity index (χ2v) is 4.88. The number of carbonyl (C=O) groups is 1. The van der Waals surface area contributed by atoms with Crippen molar-refractivity contribution in [2.24, 2.45) is 0 Å². The maximum atomic E-state index is 13.7. The van der Waals surface area contributed by atoms with E-state index in [0.29, 0.717) is 6.07 Å². The number of nitro groups is 1. The fraction of sp³-hybridized carbons (Fsp3) is 0.0909. The Kier molecular flexibility index (Phi) is 4.34. The number of ether oxygens (including phenoxy) is 2. The first kappa shape index (κ1) is 15.1.